The molecule has 0 saturated carbocycles. The van der Waals surface area contributed by atoms with Gasteiger partial charge in [-0.25, -0.2) is 0 Å². The lowest BCUT2D eigenvalue weighted by Gasteiger charge is -2.15. The highest BCUT2D eigenvalue weighted by atomic mass is 79.9. The number of amides is 1. The van der Waals surface area contributed by atoms with Gasteiger partial charge in [-0.3, -0.25) is 4.79 Å². The predicted octanol–water partition coefficient (Wildman–Crippen LogP) is 1.81. The predicted molar refractivity (Wildman–Crippen MR) is 71.5 cm³/mol. The quantitative estimate of drug-likeness (QED) is 0.922. The first kappa shape index (κ1) is 13.4. The zero-order chi connectivity index (χ0) is 13.0. The molecule has 2 rings (SSSR count). The number of aliphatic hydroxyl groups excluding tert-OH is 1. The van der Waals surface area contributed by atoms with E-state index in [0.717, 1.165) is 10.2 Å². The van der Waals surface area contributed by atoms with E-state index in [1.165, 1.54) is 0 Å². The topological polar surface area (TPSA) is 49.8 Å². The average Bonchev–Trinajstić information content (AvgIpc) is 2.78. The number of hydrogen-bond acceptors (Lipinski definition) is 3. The molecule has 1 N–H and O–H groups in total. The number of hydrogen-bond donors (Lipinski definition) is 1. The minimum atomic E-state index is -0.360. The smallest absolute Gasteiger partial charge is 0.226 e. The number of ether oxygens (including phenoxy) is 1. The van der Waals surface area contributed by atoms with Gasteiger partial charge in [0.15, 0.2) is 0 Å². The molecule has 1 amide bonds. The molecule has 1 heterocycles. The SMILES string of the molecule is O=C(CCOc1ccc(Br)cc1)N1CCC(O)C1. The fourth-order valence-electron chi connectivity index (χ4n) is 1.91. The van der Waals surface area contributed by atoms with Crippen molar-refractivity contribution in [3.63, 3.8) is 0 Å². The van der Waals surface area contributed by atoms with Crippen LogP contribution in [0.2, 0.25) is 0 Å². The number of nitrogens with zero attached hydrogens (tertiary/aromatic N) is 1. The molecule has 1 atom stereocenters. The molecule has 1 fully saturated rings. The maximum absolute atomic E-state index is 11.8. The van der Waals surface area contributed by atoms with Crippen LogP contribution >= 0.6 is 15.9 Å². The summed E-state index contributed by atoms with van der Waals surface area (Å²) in [5, 5.41) is 9.35. The van der Waals surface area contributed by atoms with Gasteiger partial charge in [-0.15, -0.1) is 0 Å². The Hall–Kier alpha value is -1.07. The van der Waals surface area contributed by atoms with Gasteiger partial charge < -0.3 is 14.7 Å². The summed E-state index contributed by atoms with van der Waals surface area (Å²) in [5.74, 6) is 0.802. The molecule has 5 heteroatoms. The van der Waals surface area contributed by atoms with Gasteiger partial charge >= 0.3 is 0 Å². The fraction of sp³-hybridized carbons (Fsp3) is 0.462. The third-order valence-electron chi connectivity index (χ3n) is 2.91. The Balaban J connectivity index is 1.72. The van der Waals surface area contributed by atoms with Crippen LogP contribution in [-0.2, 0) is 4.79 Å². The molecule has 0 spiro atoms. The van der Waals surface area contributed by atoms with E-state index in [0.29, 0.717) is 32.5 Å². The zero-order valence-corrected chi connectivity index (χ0v) is 11.6. The summed E-state index contributed by atoms with van der Waals surface area (Å²) in [6.45, 7) is 1.47. The Morgan fingerprint density at radius 3 is 2.78 bits per heavy atom. The van der Waals surface area contributed by atoms with Crippen molar-refractivity contribution in [1.29, 1.82) is 0 Å². The van der Waals surface area contributed by atoms with Crippen LogP contribution in [0.5, 0.6) is 5.75 Å². The first-order valence-corrected chi connectivity index (χ1v) is 6.78. The molecular weight excluding hydrogens is 298 g/mol. The summed E-state index contributed by atoms with van der Waals surface area (Å²) in [7, 11) is 0. The van der Waals surface area contributed by atoms with Crippen molar-refractivity contribution in [3.8, 4) is 5.75 Å². The zero-order valence-electron chi connectivity index (χ0n) is 10.0. The number of rotatable bonds is 4. The third kappa shape index (κ3) is 3.71. The second-order valence-corrected chi connectivity index (χ2v) is 5.25. The molecule has 4 nitrogen and oxygen atoms in total. The molecule has 1 unspecified atom stereocenters. The Morgan fingerprint density at radius 2 is 2.17 bits per heavy atom. The van der Waals surface area contributed by atoms with Gasteiger partial charge in [-0.1, -0.05) is 15.9 Å². The minimum Gasteiger partial charge on any atom is -0.493 e. The van der Waals surface area contributed by atoms with E-state index in [4.69, 9.17) is 4.74 Å². The first-order valence-electron chi connectivity index (χ1n) is 5.99. The van der Waals surface area contributed by atoms with Crippen LogP contribution in [0.25, 0.3) is 0 Å². The van der Waals surface area contributed by atoms with Crippen LogP contribution in [-0.4, -0.2) is 41.7 Å². The van der Waals surface area contributed by atoms with Crippen molar-refractivity contribution in [2.24, 2.45) is 0 Å². The molecule has 0 radical (unpaired) electrons. The highest BCUT2D eigenvalue weighted by molar-refractivity contribution is 9.10. The standard InChI is InChI=1S/C13H16BrNO3/c14-10-1-3-12(4-2-10)18-8-6-13(17)15-7-5-11(16)9-15/h1-4,11,16H,5-9H2. The molecule has 0 bridgehead atoms. The van der Waals surface area contributed by atoms with Gasteiger partial charge in [0.05, 0.1) is 19.1 Å². The van der Waals surface area contributed by atoms with Crippen molar-refractivity contribution < 1.29 is 14.6 Å². The van der Waals surface area contributed by atoms with Gasteiger partial charge in [0.1, 0.15) is 5.75 Å². The van der Waals surface area contributed by atoms with E-state index < -0.39 is 0 Å². The monoisotopic (exact) mass is 313 g/mol. The Morgan fingerprint density at radius 1 is 1.44 bits per heavy atom. The summed E-state index contributed by atoms with van der Waals surface area (Å²) >= 11 is 3.35. The molecule has 98 valence electrons. The number of β-amino-alcohol motifs (C(OH)–C–C–N with tert-alkyl or cyclic N) is 1. The van der Waals surface area contributed by atoms with E-state index >= 15 is 0 Å². The Bertz CT molecular complexity index is 407. The minimum absolute atomic E-state index is 0.0451. The van der Waals surface area contributed by atoms with Crippen LogP contribution in [0.4, 0.5) is 0 Å². The molecule has 1 aromatic rings. The van der Waals surface area contributed by atoms with Gasteiger partial charge in [-0.2, -0.15) is 0 Å². The van der Waals surface area contributed by atoms with E-state index in [1.807, 2.05) is 24.3 Å². The molecule has 0 aromatic heterocycles. The molecule has 18 heavy (non-hydrogen) atoms. The van der Waals surface area contributed by atoms with Crippen molar-refractivity contribution >= 4 is 21.8 Å². The number of likely N-dealkylation sites (tertiary alicyclic amines) is 1. The first-order chi connectivity index (χ1) is 8.65. The highest BCUT2D eigenvalue weighted by Gasteiger charge is 2.23. The molecule has 1 aliphatic rings. The maximum atomic E-state index is 11.8. The lowest BCUT2D eigenvalue weighted by molar-refractivity contribution is -0.131. The van der Waals surface area contributed by atoms with E-state index in [2.05, 4.69) is 15.9 Å². The Kier molecular flexibility index (Phi) is 4.60. The summed E-state index contributed by atoms with van der Waals surface area (Å²) in [6.07, 6.45) is 0.670. The molecule has 1 aliphatic heterocycles. The second kappa shape index (κ2) is 6.20. The van der Waals surface area contributed by atoms with Crippen LogP contribution in [0, 0.1) is 0 Å². The number of benzene rings is 1. The van der Waals surface area contributed by atoms with Crippen LogP contribution in [0.15, 0.2) is 28.7 Å². The van der Waals surface area contributed by atoms with Crippen molar-refractivity contribution in [2.75, 3.05) is 19.7 Å². The lowest BCUT2D eigenvalue weighted by Crippen LogP contribution is -2.30. The molecule has 1 aromatic carbocycles. The molecule has 0 aliphatic carbocycles. The van der Waals surface area contributed by atoms with Gasteiger partial charge in [0.2, 0.25) is 5.91 Å². The van der Waals surface area contributed by atoms with E-state index in [1.54, 1.807) is 4.90 Å². The summed E-state index contributed by atoms with van der Waals surface area (Å²) in [5.41, 5.74) is 0. The summed E-state index contributed by atoms with van der Waals surface area (Å²) in [6, 6.07) is 7.50. The van der Waals surface area contributed by atoms with Crippen molar-refractivity contribution in [3.05, 3.63) is 28.7 Å². The van der Waals surface area contributed by atoms with E-state index in [-0.39, 0.29) is 12.0 Å². The normalized spacial score (nSPS) is 19.0. The largest absolute Gasteiger partial charge is 0.493 e. The average molecular weight is 314 g/mol. The van der Waals surface area contributed by atoms with Gasteiger partial charge in [0.25, 0.3) is 0 Å². The van der Waals surface area contributed by atoms with Crippen LogP contribution in [0.3, 0.4) is 0 Å². The lowest BCUT2D eigenvalue weighted by atomic mass is 10.3. The second-order valence-electron chi connectivity index (χ2n) is 4.33. The highest BCUT2D eigenvalue weighted by Crippen LogP contribution is 2.16. The fourth-order valence-corrected chi connectivity index (χ4v) is 2.18. The summed E-state index contributed by atoms with van der Waals surface area (Å²) in [4.78, 5) is 13.5. The van der Waals surface area contributed by atoms with Crippen molar-refractivity contribution in [1.82, 2.24) is 4.90 Å². The van der Waals surface area contributed by atoms with Gasteiger partial charge in [-0.05, 0) is 30.7 Å². The number of halogens is 1. The van der Waals surface area contributed by atoms with Crippen LogP contribution in [0.1, 0.15) is 12.8 Å². The maximum Gasteiger partial charge on any atom is 0.226 e. The van der Waals surface area contributed by atoms with Crippen LogP contribution < -0.4 is 4.74 Å². The number of carbonyl (C=O) groups is 1. The van der Waals surface area contributed by atoms with Crippen molar-refractivity contribution in [2.45, 2.75) is 18.9 Å². The molecule has 1 saturated heterocycles. The van der Waals surface area contributed by atoms with Gasteiger partial charge in [0, 0.05) is 17.6 Å². The van der Waals surface area contributed by atoms with E-state index in [9.17, 15) is 9.90 Å². The number of aliphatic hydroxyl groups is 1. The Labute approximate surface area is 115 Å². The molecular formula is C13H16BrNO3. The third-order valence-corrected chi connectivity index (χ3v) is 3.44. The summed E-state index contributed by atoms with van der Waals surface area (Å²) < 4.78 is 6.48. The number of carbonyl (C=O) groups excluding carboxylic acids is 1.